The van der Waals surface area contributed by atoms with Gasteiger partial charge in [-0.05, 0) is 52.0 Å². The van der Waals surface area contributed by atoms with Gasteiger partial charge in [0.1, 0.15) is 5.65 Å². The third-order valence-corrected chi connectivity index (χ3v) is 4.08. The fraction of sp³-hybridized carbons (Fsp3) is 0.278. The number of allylic oxidation sites excluding steroid dienone is 1. The number of pyridine rings is 1. The van der Waals surface area contributed by atoms with E-state index in [-0.39, 0.29) is 5.78 Å². The molecule has 0 aliphatic carbocycles. The summed E-state index contributed by atoms with van der Waals surface area (Å²) in [7, 11) is 0. The minimum atomic E-state index is -0.0248. The molecule has 5 heteroatoms. The maximum absolute atomic E-state index is 12.6. The second-order valence-corrected chi connectivity index (χ2v) is 5.60. The molecule has 0 saturated carbocycles. The quantitative estimate of drug-likeness (QED) is 0.548. The molecule has 118 valence electrons. The first-order chi connectivity index (χ1) is 11.0. The van der Waals surface area contributed by atoms with Gasteiger partial charge < -0.3 is 0 Å². The highest BCUT2D eigenvalue weighted by molar-refractivity contribution is 6.08. The van der Waals surface area contributed by atoms with Crippen LogP contribution < -0.4 is 0 Å². The van der Waals surface area contributed by atoms with Crippen LogP contribution in [0.2, 0.25) is 0 Å². The monoisotopic (exact) mass is 308 g/mol. The van der Waals surface area contributed by atoms with Crippen LogP contribution in [0.25, 0.3) is 11.7 Å². The summed E-state index contributed by atoms with van der Waals surface area (Å²) in [6.45, 7) is 8.61. The van der Waals surface area contributed by atoms with E-state index in [0.29, 0.717) is 5.56 Å². The third kappa shape index (κ3) is 2.59. The van der Waals surface area contributed by atoms with Crippen LogP contribution in [0.15, 0.2) is 30.5 Å². The maximum Gasteiger partial charge on any atom is 0.189 e. The second kappa shape index (κ2) is 5.83. The third-order valence-electron chi connectivity index (χ3n) is 4.08. The number of aryl methyl sites for hydroxylation is 3. The Labute approximate surface area is 135 Å². The Kier molecular flexibility index (Phi) is 3.86. The number of rotatable bonds is 4. The Morgan fingerprint density at radius 1 is 1.26 bits per heavy atom. The topological polar surface area (TPSA) is 52.2 Å². The van der Waals surface area contributed by atoms with Crippen LogP contribution in [0, 0.1) is 20.8 Å². The molecule has 3 aromatic heterocycles. The SMILES string of the molecule is CCn1nc(C)c(C(=O)C=Cc2cnc3cccc(C)n23)c1C. The molecule has 5 nitrogen and oxygen atoms in total. The number of ketones is 1. The number of carbonyl (C=O) groups excluding carboxylic acids is 1. The first-order valence-corrected chi connectivity index (χ1v) is 7.72. The van der Waals surface area contributed by atoms with E-state index in [2.05, 4.69) is 10.1 Å². The lowest BCUT2D eigenvalue weighted by atomic mass is 10.1. The molecule has 3 rings (SSSR count). The van der Waals surface area contributed by atoms with Crippen molar-refractivity contribution in [1.82, 2.24) is 19.2 Å². The lowest BCUT2D eigenvalue weighted by molar-refractivity contribution is 0.104. The molecule has 0 spiro atoms. The van der Waals surface area contributed by atoms with Gasteiger partial charge in [-0.3, -0.25) is 13.9 Å². The minimum absolute atomic E-state index is 0.0248. The highest BCUT2D eigenvalue weighted by atomic mass is 16.1. The van der Waals surface area contributed by atoms with Gasteiger partial charge in [0, 0.05) is 17.9 Å². The molecule has 0 aliphatic heterocycles. The number of nitrogens with zero attached hydrogens (tertiary/aromatic N) is 4. The Hall–Kier alpha value is -2.69. The number of hydrogen-bond acceptors (Lipinski definition) is 3. The van der Waals surface area contributed by atoms with E-state index in [1.165, 1.54) is 0 Å². The zero-order valence-corrected chi connectivity index (χ0v) is 13.9. The van der Waals surface area contributed by atoms with Crippen molar-refractivity contribution in [1.29, 1.82) is 0 Å². The van der Waals surface area contributed by atoms with E-state index < -0.39 is 0 Å². The summed E-state index contributed by atoms with van der Waals surface area (Å²) in [5, 5.41) is 4.40. The Morgan fingerprint density at radius 2 is 2.04 bits per heavy atom. The van der Waals surface area contributed by atoms with Gasteiger partial charge in [0.05, 0.1) is 23.1 Å². The molecular weight excluding hydrogens is 288 g/mol. The van der Waals surface area contributed by atoms with Crippen molar-refractivity contribution in [2.45, 2.75) is 34.2 Å². The predicted molar refractivity (Wildman–Crippen MR) is 90.7 cm³/mol. The largest absolute Gasteiger partial charge is 0.298 e. The molecule has 0 bridgehead atoms. The van der Waals surface area contributed by atoms with Crippen LogP contribution in [0.3, 0.4) is 0 Å². The van der Waals surface area contributed by atoms with Crippen molar-refractivity contribution in [2.24, 2.45) is 0 Å². The van der Waals surface area contributed by atoms with Crippen molar-refractivity contribution in [2.75, 3.05) is 0 Å². The summed E-state index contributed by atoms with van der Waals surface area (Å²) in [4.78, 5) is 16.9. The molecule has 0 amide bonds. The van der Waals surface area contributed by atoms with Crippen molar-refractivity contribution < 1.29 is 4.79 Å². The fourth-order valence-corrected chi connectivity index (χ4v) is 2.95. The van der Waals surface area contributed by atoms with Crippen molar-refractivity contribution in [3.63, 3.8) is 0 Å². The van der Waals surface area contributed by atoms with Crippen LogP contribution in [-0.2, 0) is 6.54 Å². The van der Waals surface area contributed by atoms with Gasteiger partial charge in [-0.1, -0.05) is 6.07 Å². The highest BCUT2D eigenvalue weighted by Crippen LogP contribution is 2.16. The molecule has 3 aromatic rings. The number of carbonyl (C=O) groups is 1. The van der Waals surface area contributed by atoms with Crippen molar-refractivity contribution >= 4 is 17.5 Å². The molecular formula is C18H20N4O. The molecule has 0 aromatic carbocycles. The second-order valence-electron chi connectivity index (χ2n) is 5.60. The van der Waals surface area contributed by atoms with Gasteiger partial charge >= 0.3 is 0 Å². The summed E-state index contributed by atoms with van der Waals surface area (Å²) in [5.74, 6) is -0.0248. The van der Waals surface area contributed by atoms with Crippen molar-refractivity contribution in [3.05, 3.63) is 58.8 Å². The minimum Gasteiger partial charge on any atom is -0.298 e. The summed E-state index contributed by atoms with van der Waals surface area (Å²) in [5.41, 5.74) is 5.22. The maximum atomic E-state index is 12.6. The van der Waals surface area contributed by atoms with Crippen LogP contribution in [0.4, 0.5) is 0 Å². The molecule has 0 fully saturated rings. The smallest absolute Gasteiger partial charge is 0.189 e. The van der Waals surface area contributed by atoms with E-state index in [4.69, 9.17) is 0 Å². The van der Waals surface area contributed by atoms with Gasteiger partial charge in [0.15, 0.2) is 5.78 Å². The Balaban J connectivity index is 1.96. The average molecular weight is 308 g/mol. The predicted octanol–water partition coefficient (Wildman–Crippen LogP) is 3.37. The molecule has 3 heterocycles. The van der Waals surface area contributed by atoms with Gasteiger partial charge in [-0.25, -0.2) is 4.98 Å². The van der Waals surface area contributed by atoms with Crippen molar-refractivity contribution in [3.8, 4) is 0 Å². The molecule has 0 radical (unpaired) electrons. The van der Waals surface area contributed by atoms with E-state index in [9.17, 15) is 4.79 Å². The van der Waals surface area contributed by atoms with E-state index in [0.717, 1.165) is 35.0 Å². The van der Waals surface area contributed by atoms with Crippen LogP contribution in [0.1, 0.15) is 40.1 Å². The van der Waals surface area contributed by atoms with Crippen LogP contribution in [0.5, 0.6) is 0 Å². The average Bonchev–Trinajstić information content (AvgIpc) is 3.07. The molecule has 0 saturated heterocycles. The Morgan fingerprint density at radius 3 is 2.74 bits per heavy atom. The number of imidazole rings is 1. The van der Waals surface area contributed by atoms with Gasteiger partial charge in [0.2, 0.25) is 0 Å². The Bertz CT molecular complexity index is 915. The number of fused-ring (bicyclic) bond motifs is 1. The standard InChI is InChI=1S/C18H20N4O/c1-5-21-14(4)18(13(3)20-21)16(23)10-9-15-11-19-17-8-6-7-12(2)22(15)17/h6-11H,5H2,1-4H3. The van der Waals surface area contributed by atoms with Gasteiger partial charge in [0.25, 0.3) is 0 Å². The fourth-order valence-electron chi connectivity index (χ4n) is 2.95. The zero-order valence-electron chi connectivity index (χ0n) is 13.9. The summed E-state index contributed by atoms with van der Waals surface area (Å²) in [6.07, 6.45) is 5.20. The summed E-state index contributed by atoms with van der Waals surface area (Å²) < 4.78 is 3.88. The molecule has 23 heavy (non-hydrogen) atoms. The summed E-state index contributed by atoms with van der Waals surface area (Å²) in [6, 6.07) is 5.95. The van der Waals surface area contributed by atoms with Crippen LogP contribution in [-0.4, -0.2) is 24.9 Å². The first-order valence-electron chi connectivity index (χ1n) is 7.72. The van der Waals surface area contributed by atoms with E-state index >= 15 is 0 Å². The molecule has 0 atom stereocenters. The molecule has 0 N–H and O–H groups in total. The lowest BCUT2D eigenvalue weighted by Gasteiger charge is -2.02. The van der Waals surface area contributed by atoms with Gasteiger partial charge in [-0.15, -0.1) is 0 Å². The molecule has 0 aliphatic rings. The highest BCUT2D eigenvalue weighted by Gasteiger charge is 2.16. The normalized spacial score (nSPS) is 11.7. The van der Waals surface area contributed by atoms with E-state index in [1.807, 2.05) is 61.1 Å². The first kappa shape index (κ1) is 15.2. The van der Waals surface area contributed by atoms with Gasteiger partial charge in [-0.2, -0.15) is 5.10 Å². The lowest BCUT2D eigenvalue weighted by Crippen LogP contribution is -2.02. The summed E-state index contributed by atoms with van der Waals surface area (Å²) >= 11 is 0. The molecule has 0 unspecified atom stereocenters. The van der Waals surface area contributed by atoms with E-state index in [1.54, 1.807) is 12.3 Å². The number of hydrogen-bond donors (Lipinski definition) is 0. The zero-order chi connectivity index (χ0) is 16.6. The van der Waals surface area contributed by atoms with Crippen LogP contribution >= 0.6 is 0 Å². The number of aromatic nitrogens is 4.